The number of rotatable bonds is 4. The van der Waals surface area contributed by atoms with Crippen molar-refractivity contribution in [1.82, 2.24) is 14.5 Å². The number of hydrogen-bond acceptors (Lipinski definition) is 2. The molecule has 28 heavy (non-hydrogen) atoms. The van der Waals surface area contributed by atoms with Gasteiger partial charge in [0.15, 0.2) is 0 Å². The molecule has 0 atom stereocenters. The summed E-state index contributed by atoms with van der Waals surface area (Å²) in [7, 11) is 0. The maximum absolute atomic E-state index is 13.5. The summed E-state index contributed by atoms with van der Waals surface area (Å²) in [4.78, 5) is 18.6. The maximum atomic E-state index is 13.5. The molecule has 3 aromatic rings. The van der Waals surface area contributed by atoms with E-state index in [1.165, 1.54) is 4.57 Å². The Morgan fingerprint density at radius 1 is 1.11 bits per heavy atom. The molecule has 0 fully saturated rings. The van der Waals surface area contributed by atoms with Gasteiger partial charge in [0, 0.05) is 23.1 Å². The van der Waals surface area contributed by atoms with Gasteiger partial charge in [-0.2, -0.15) is 0 Å². The second-order valence-electron chi connectivity index (χ2n) is 6.76. The number of benzene rings is 2. The largest absolute Gasteiger partial charge is 0.330 e. The van der Waals surface area contributed by atoms with E-state index in [-0.39, 0.29) is 6.54 Å². The molecule has 1 amide bonds. The van der Waals surface area contributed by atoms with Crippen LogP contribution in [0.15, 0.2) is 48.5 Å². The molecule has 1 aliphatic heterocycles. The average Bonchev–Trinajstić information content (AvgIpc) is 3.12. The minimum absolute atomic E-state index is 0.00725. The monoisotopic (exact) mass is 421 g/mol. The van der Waals surface area contributed by atoms with E-state index in [1.54, 1.807) is 36.4 Å². The molecule has 0 radical (unpaired) electrons. The molecule has 0 bridgehead atoms. The summed E-state index contributed by atoms with van der Waals surface area (Å²) < 4.78 is 28.4. The molecule has 4 rings (SSSR count). The smallest absolute Gasteiger partial charge is 0.311 e. The number of carbonyl (C=O) groups is 1. The second-order valence-corrected chi connectivity index (χ2v) is 7.60. The Morgan fingerprint density at radius 3 is 2.43 bits per heavy atom. The van der Waals surface area contributed by atoms with Gasteiger partial charge in [-0.25, -0.2) is 23.1 Å². The zero-order chi connectivity index (χ0) is 20.1. The van der Waals surface area contributed by atoms with Crippen molar-refractivity contribution >= 4 is 29.2 Å². The fourth-order valence-corrected chi connectivity index (χ4v) is 3.68. The third kappa shape index (κ3) is 3.38. The van der Waals surface area contributed by atoms with Crippen LogP contribution in [0.3, 0.4) is 0 Å². The highest BCUT2D eigenvalue weighted by molar-refractivity contribution is 6.33. The Morgan fingerprint density at radius 2 is 1.79 bits per heavy atom. The number of imidazole rings is 1. The Bertz CT molecular complexity index is 1060. The molecule has 1 aliphatic rings. The predicted octanol–water partition coefficient (Wildman–Crippen LogP) is 5.96. The number of carbonyl (C=O) groups excluding carboxylic acids is 1. The first-order valence-electron chi connectivity index (χ1n) is 8.54. The molecule has 0 unspecified atom stereocenters. The van der Waals surface area contributed by atoms with Crippen molar-refractivity contribution in [1.29, 1.82) is 0 Å². The number of alkyl halides is 2. The zero-order valence-electron chi connectivity index (χ0n) is 14.8. The van der Waals surface area contributed by atoms with E-state index in [9.17, 15) is 13.6 Å². The normalized spacial score (nSPS) is 13.9. The van der Waals surface area contributed by atoms with E-state index in [0.29, 0.717) is 38.4 Å². The second kappa shape index (κ2) is 6.87. The number of hydrogen-bond donors (Lipinski definition) is 0. The SMILES string of the molecule is CC(F)(F)CN1Cc2nc(-c3ccccc3Cl)c(-c3ccc(Cl)cc3)n2C1=O. The molecule has 0 spiro atoms. The topological polar surface area (TPSA) is 38.1 Å². The number of aromatic nitrogens is 2. The average molecular weight is 422 g/mol. The Kier molecular flexibility index (Phi) is 4.63. The molecule has 0 saturated carbocycles. The molecule has 2 heterocycles. The van der Waals surface area contributed by atoms with Crippen LogP contribution in [0.1, 0.15) is 12.7 Å². The maximum Gasteiger partial charge on any atom is 0.330 e. The zero-order valence-corrected chi connectivity index (χ0v) is 16.3. The van der Waals surface area contributed by atoms with Crippen molar-refractivity contribution < 1.29 is 13.6 Å². The van der Waals surface area contributed by atoms with E-state index >= 15 is 0 Å². The highest BCUT2D eigenvalue weighted by Gasteiger charge is 2.38. The molecule has 0 aliphatic carbocycles. The third-order valence-electron chi connectivity index (χ3n) is 4.46. The van der Waals surface area contributed by atoms with Crippen molar-refractivity contribution in [3.05, 3.63) is 64.4 Å². The Hall–Kier alpha value is -2.44. The highest BCUT2D eigenvalue weighted by atomic mass is 35.5. The van der Waals surface area contributed by atoms with Crippen molar-refractivity contribution in [2.75, 3.05) is 6.54 Å². The lowest BCUT2D eigenvalue weighted by Crippen LogP contribution is -2.36. The molecule has 2 aromatic carbocycles. The predicted molar refractivity (Wildman–Crippen MR) is 105 cm³/mol. The summed E-state index contributed by atoms with van der Waals surface area (Å²) in [6, 6.07) is 13.6. The van der Waals surface area contributed by atoms with Crippen LogP contribution in [0.5, 0.6) is 0 Å². The molecule has 4 nitrogen and oxygen atoms in total. The molecular weight excluding hydrogens is 407 g/mol. The number of amides is 1. The van der Waals surface area contributed by atoms with Gasteiger partial charge in [-0.1, -0.05) is 53.5 Å². The van der Waals surface area contributed by atoms with Gasteiger partial charge >= 0.3 is 6.03 Å². The van der Waals surface area contributed by atoms with Crippen LogP contribution in [0.4, 0.5) is 13.6 Å². The highest BCUT2D eigenvalue weighted by Crippen LogP contribution is 2.39. The quantitative estimate of drug-likeness (QED) is 0.520. The number of fused-ring (bicyclic) bond motifs is 1. The van der Waals surface area contributed by atoms with Crippen molar-refractivity contribution in [2.24, 2.45) is 0 Å². The van der Waals surface area contributed by atoms with Crippen LogP contribution < -0.4 is 0 Å². The third-order valence-corrected chi connectivity index (χ3v) is 5.04. The summed E-state index contributed by atoms with van der Waals surface area (Å²) in [6.45, 7) is 0.126. The van der Waals surface area contributed by atoms with E-state index in [4.69, 9.17) is 23.2 Å². The van der Waals surface area contributed by atoms with Gasteiger partial charge in [0.25, 0.3) is 5.92 Å². The summed E-state index contributed by atoms with van der Waals surface area (Å²) in [5, 5.41) is 1.03. The van der Waals surface area contributed by atoms with Gasteiger partial charge in [-0.3, -0.25) is 0 Å². The summed E-state index contributed by atoms with van der Waals surface area (Å²) in [5.74, 6) is -2.60. The molecule has 144 valence electrons. The minimum Gasteiger partial charge on any atom is -0.311 e. The molecule has 8 heteroatoms. The lowest BCUT2D eigenvalue weighted by Gasteiger charge is -2.20. The fourth-order valence-electron chi connectivity index (χ4n) is 3.33. The van der Waals surface area contributed by atoms with E-state index in [0.717, 1.165) is 11.8 Å². The first-order chi connectivity index (χ1) is 13.2. The number of nitrogens with zero attached hydrogens (tertiary/aromatic N) is 3. The molecular formula is C20H15Cl2F2N3O. The van der Waals surface area contributed by atoms with Crippen LogP contribution >= 0.6 is 23.2 Å². The lowest BCUT2D eigenvalue weighted by molar-refractivity contribution is -0.00363. The van der Waals surface area contributed by atoms with Crippen molar-refractivity contribution in [2.45, 2.75) is 19.4 Å². The van der Waals surface area contributed by atoms with E-state index in [2.05, 4.69) is 4.98 Å². The van der Waals surface area contributed by atoms with Crippen LogP contribution in [0, 0.1) is 0 Å². The minimum atomic E-state index is -2.99. The van der Waals surface area contributed by atoms with Gasteiger partial charge in [-0.05, 0) is 18.2 Å². The van der Waals surface area contributed by atoms with Gasteiger partial charge in [0.05, 0.1) is 29.5 Å². The van der Waals surface area contributed by atoms with Gasteiger partial charge < -0.3 is 4.90 Å². The van der Waals surface area contributed by atoms with Gasteiger partial charge in [-0.15, -0.1) is 0 Å². The van der Waals surface area contributed by atoms with Crippen LogP contribution in [-0.2, 0) is 6.54 Å². The standard InChI is InChI=1S/C20H15Cl2F2N3O/c1-20(23,24)11-26-10-16-25-17(14-4-2-3-5-15(14)22)18(27(16)19(26)28)12-6-8-13(21)9-7-12/h2-9H,10-11H2,1H3. The summed E-state index contributed by atoms with van der Waals surface area (Å²) >= 11 is 12.3. The first kappa shape index (κ1) is 18.9. The van der Waals surface area contributed by atoms with E-state index in [1.807, 2.05) is 12.1 Å². The Labute approximate surface area is 170 Å². The van der Waals surface area contributed by atoms with Gasteiger partial charge in [0.2, 0.25) is 0 Å². The number of halogens is 4. The Balaban J connectivity index is 1.89. The fraction of sp³-hybridized carbons (Fsp3) is 0.200. The van der Waals surface area contributed by atoms with E-state index < -0.39 is 18.5 Å². The van der Waals surface area contributed by atoms with Crippen molar-refractivity contribution in [3.8, 4) is 22.5 Å². The summed E-state index contributed by atoms with van der Waals surface area (Å²) in [5.41, 5.74) is 2.39. The lowest BCUT2D eigenvalue weighted by atomic mass is 10.0. The van der Waals surface area contributed by atoms with Crippen LogP contribution in [0.2, 0.25) is 10.0 Å². The molecule has 0 N–H and O–H groups in total. The van der Waals surface area contributed by atoms with Crippen LogP contribution in [0.25, 0.3) is 22.5 Å². The molecule has 0 saturated heterocycles. The van der Waals surface area contributed by atoms with Gasteiger partial charge in [0.1, 0.15) is 5.82 Å². The summed E-state index contributed by atoms with van der Waals surface area (Å²) in [6.07, 6.45) is 0. The molecule has 1 aromatic heterocycles. The first-order valence-corrected chi connectivity index (χ1v) is 9.30. The van der Waals surface area contributed by atoms with Crippen LogP contribution in [-0.4, -0.2) is 32.9 Å². The van der Waals surface area contributed by atoms with Crippen molar-refractivity contribution in [3.63, 3.8) is 0 Å².